The molecule has 0 bridgehead atoms. The van der Waals surface area contributed by atoms with Gasteiger partial charge in [0.1, 0.15) is 0 Å². The number of hydrogen-bond acceptors (Lipinski definition) is 6. The maximum atomic E-state index is 12.0. The van der Waals surface area contributed by atoms with Crippen molar-refractivity contribution in [1.29, 1.82) is 0 Å². The average Bonchev–Trinajstić information content (AvgIpc) is 3.24. The molecule has 2 aromatic rings. The van der Waals surface area contributed by atoms with E-state index in [0.717, 1.165) is 15.6 Å². The van der Waals surface area contributed by atoms with Gasteiger partial charge in [0, 0.05) is 0 Å². The van der Waals surface area contributed by atoms with Crippen LogP contribution in [0, 0.1) is 3.57 Å². The number of ether oxygens (including phenoxy) is 3. The van der Waals surface area contributed by atoms with Crippen LogP contribution in [0.5, 0.6) is 11.5 Å². The molecule has 0 radical (unpaired) electrons. The van der Waals surface area contributed by atoms with Crippen molar-refractivity contribution in [3.8, 4) is 11.5 Å². The van der Waals surface area contributed by atoms with E-state index in [4.69, 9.17) is 18.6 Å². The quantitative estimate of drug-likeness (QED) is 0.376. The first-order valence-electron chi connectivity index (χ1n) is 7.69. The first-order chi connectivity index (χ1) is 12.1. The van der Waals surface area contributed by atoms with Gasteiger partial charge in [0.05, 0.1) is 23.6 Å². The fourth-order valence-corrected chi connectivity index (χ4v) is 3.02. The zero-order chi connectivity index (χ0) is 17.8. The number of nitrogens with zero attached hydrogens (tertiary/aromatic N) is 1. The fraction of sp³-hybridized carbons (Fsp3) is 0.222. The number of furan rings is 1. The minimum atomic E-state index is -0.522. The smallest absolute Gasteiger partial charge is 0.363 e. The highest BCUT2D eigenvalue weighted by molar-refractivity contribution is 14.1. The molecule has 0 saturated heterocycles. The molecule has 0 amide bonds. The van der Waals surface area contributed by atoms with Gasteiger partial charge in [-0.15, -0.1) is 0 Å². The zero-order valence-corrected chi connectivity index (χ0v) is 15.9. The highest BCUT2D eigenvalue weighted by atomic mass is 127. The molecule has 0 N–H and O–H groups in total. The largest absolute Gasteiger partial charge is 0.493 e. The molecule has 1 aliphatic rings. The number of benzene rings is 1. The van der Waals surface area contributed by atoms with Gasteiger partial charge in [-0.1, -0.05) is 6.92 Å². The van der Waals surface area contributed by atoms with Gasteiger partial charge in [-0.3, -0.25) is 0 Å². The van der Waals surface area contributed by atoms with E-state index in [1.165, 1.54) is 6.26 Å². The number of esters is 1. The third-order valence-corrected chi connectivity index (χ3v) is 4.16. The lowest BCUT2D eigenvalue weighted by Crippen LogP contribution is -2.04. The number of carbonyl (C=O) groups excluding carboxylic acids is 1. The van der Waals surface area contributed by atoms with E-state index in [-0.39, 0.29) is 11.6 Å². The Morgan fingerprint density at radius 2 is 2.20 bits per heavy atom. The van der Waals surface area contributed by atoms with Gasteiger partial charge in [-0.05, 0) is 64.9 Å². The normalized spacial score (nSPS) is 15.2. The molecule has 7 heteroatoms. The summed E-state index contributed by atoms with van der Waals surface area (Å²) in [6.07, 6.45) is 4.04. The van der Waals surface area contributed by atoms with Gasteiger partial charge < -0.3 is 18.6 Å². The van der Waals surface area contributed by atoms with Crippen LogP contribution in [-0.2, 0) is 9.53 Å². The Hall–Kier alpha value is -2.29. The summed E-state index contributed by atoms with van der Waals surface area (Å²) in [4.78, 5) is 16.2. The highest BCUT2D eigenvalue weighted by Crippen LogP contribution is 2.35. The first kappa shape index (κ1) is 17.5. The topological polar surface area (TPSA) is 70.3 Å². The number of carbonyl (C=O) groups is 1. The molecule has 25 heavy (non-hydrogen) atoms. The van der Waals surface area contributed by atoms with Crippen molar-refractivity contribution in [2.75, 3.05) is 13.7 Å². The van der Waals surface area contributed by atoms with E-state index in [0.29, 0.717) is 23.9 Å². The fourth-order valence-electron chi connectivity index (χ4n) is 2.24. The van der Waals surface area contributed by atoms with Crippen molar-refractivity contribution in [2.24, 2.45) is 4.99 Å². The number of hydrogen-bond donors (Lipinski definition) is 0. The van der Waals surface area contributed by atoms with Crippen LogP contribution in [0.15, 0.2) is 45.6 Å². The van der Waals surface area contributed by atoms with Crippen LogP contribution in [-0.4, -0.2) is 25.6 Å². The second-order valence-electron chi connectivity index (χ2n) is 5.20. The average molecular weight is 453 g/mol. The summed E-state index contributed by atoms with van der Waals surface area (Å²) < 4.78 is 22.4. The Labute approximate surface area is 158 Å². The molecule has 1 aromatic heterocycles. The van der Waals surface area contributed by atoms with E-state index in [9.17, 15) is 4.79 Å². The van der Waals surface area contributed by atoms with E-state index < -0.39 is 5.97 Å². The van der Waals surface area contributed by atoms with Crippen LogP contribution in [0.4, 0.5) is 0 Å². The molecule has 0 fully saturated rings. The van der Waals surface area contributed by atoms with Gasteiger partial charge in [0.2, 0.25) is 0 Å². The predicted molar refractivity (Wildman–Crippen MR) is 101 cm³/mol. The van der Waals surface area contributed by atoms with Crippen LogP contribution in [0.2, 0.25) is 0 Å². The molecular formula is C18H16INO5. The van der Waals surface area contributed by atoms with Crippen LogP contribution < -0.4 is 9.47 Å². The molecule has 3 rings (SSSR count). The maximum absolute atomic E-state index is 12.0. The Morgan fingerprint density at radius 1 is 1.36 bits per heavy atom. The molecule has 0 unspecified atom stereocenters. The standard InChI is InChI=1S/C18H16INO5/c1-3-6-24-16-12(19)8-11(10-15(16)22-2)9-13-18(21)25-17(20-13)14-5-4-7-23-14/h4-5,7-10H,3,6H2,1-2H3/b13-9-. The van der Waals surface area contributed by atoms with Gasteiger partial charge in [-0.25, -0.2) is 9.79 Å². The lowest BCUT2D eigenvalue weighted by Gasteiger charge is -2.13. The van der Waals surface area contributed by atoms with Gasteiger partial charge in [0.25, 0.3) is 5.90 Å². The highest BCUT2D eigenvalue weighted by Gasteiger charge is 2.26. The number of rotatable bonds is 6. The molecular weight excluding hydrogens is 437 g/mol. The molecule has 0 spiro atoms. The summed E-state index contributed by atoms with van der Waals surface area (Å²) in [5.74, 6) is 1.35. The zero-order valence-electron chi connectivity index (χ0n) is 13.7. The molecule has 0 saturated carbocycles. The number of halogens is 1. The summed E-state index contributed by atoms with van der Waals surface area (Å²) in [5.41, 5.74) is 0.966. The summed E-state index contributed by atoms with van der Waals surface area (Å²) in [6, 6.07) is 7.08. The first-order valence-corrected chi connectivity index (χ1v) is 8.77. The van der Waals surface area contributed by atoms with Crippen LogP contribution in [0.25, 0.3) is 6.08 Å². The Kier molecular flexibility index (Phi) is 5.42. The van der Waals surface area contributed by atoms with Crippen molar-refractivity contribution in [3.05, 3.63) is 51.1 Å². The van der Waals surface area contributed by atoms with Gasteiger partial charge >= 0.3 is 5.97 Å². The second-order valence-corrected chi connectivity index (χ2v) is 6.36. The van der Waals surface area contributed by atoms with E-state index in [1.807, 2.05) is 13.0 Å². The maximum Gasteiger partial charge on any atom is 0.363 e. The number of aliphatic imine (C=N–C) groups is 1. The second kappa shape index (κ2) is 7.73. The molecule has 2 heterocycles. The van der Waals surface area contributed by atoms with Crippen LogP contribution >= 0.6 is 22.6 Å². The SMILES string of the molecule is CCCOc1c(I)cc(/C=C2\N=C(c3ccco3)OC2=O)cc1OC. The van der Waals surface area contributed by atoms with Crippen molar-refractivity contribution in [1.82, 2.24) is 0 Å². The molecule has 1 aromatic carbocycles. The van der Waals surface area contributed by atoms with Crippen molar-refractivity contribution < 1.29 is 23.4 Å². The van der Waals surface area contributed by atoms with Crippen molar-refractivity contribution >= 4 is 40.5 Å². The van der Waals surface area contributed by atoms with Crippen molar-refractivity contribution in [2.45, 2.75) is 13.3 Å². The van der Waals surface area contributed by atoms with E-state index in [2.05, 4.69) is 27.6 Å². The summed E-state index contributed by atoms with van der Waals surface area (Å²) in [6.45, 7) is 2.65. The minimum Gasteiger partial charge on any atom is -0.493 e. The summed E-state index contributed by atoms with van der Waals surface area (Å²) in [5, 5.41) is 0. The number of methoxy groups -OCH3 is 1. The van der Waals surface area contributed by atoms with Crippen molar-refractivity contribution in [3.63, 3.8) is 0 Å². The molecule has 1 aliphatic heterocycles. The summed E-state index contributed by atoms with van der Waals surface area (Å²) in [7, 11) is 1.58. The third-order valence-electron chi connectivity index (χ3n) is 3.36. The van der Waals surface area contributed by atoms with E-state index in [1.54, 1.807) is 31.4 Å². The molecule has 130 valence electrons. The molecule has 0 atom stereocenters. The van der Waals surface area contributed by atoms with Gasteiger partial charge in [0.15, 0.2) is 23.0 Å². The number of cyclic esters (lactones) is 1. The van der Waals surface area contributed by atoms with E-state index >= 15 is 0 Å². The Balaban J connectivity index is 1.93. The minimum absolute atomic E-state index is 0.158. The lowest BCUT2D eigenvalue weighted by molar-refractivity contribution is -0.130. The lowest BCUT2D eigenvalue weighted by atomic mass is 10.1. The molecule has 6 nitrogen and oxygen atoms in total. The molecule has 0 aliphatic carbocycles. The van der Waals surface area contributed by atoms with Crippen LogP contribution in [0.3, 0.4) is 0 Å². The monoisotopic (exact) mass is 453 g/mol. The third kappa shape index (κ3) is 3.87. The van der Waals surface area contributed by atoms with Crippen LogP contribution in [0.1, 0.15) is 24.7 Å². The van der Waals surface area contributed by atoms with Gasteiger partial charge in [-0.2, -0.15) is 0 Å². The Morgan fingerprint density at radius 3 is 2.88 bits per heavy atom. The Bertz CT molecular complexity index is 839. The predicted octanol–water partition coefficient (Wildman–Crippen LogP) is 4.03. The summed E-state index contributed by atoms with van der Waals surface area (Å²) >= 11 is 2.18.